The van der Waals surface area contributed by atoms with E-state index < -0.39 is 0 Å². The van der Waals surface area contributed by atoms with Crippen molar-refractivity contribution in [3.8, 4) is 0 Å². The molecule has 5 heteroatoms. The number of benzene rings is 1. The Labute approximate surface area is 115 Å². The van der Waals surface area contributed by atoms with Crippen LogP contribution in [-0.2, 0) is 6.54 Å². The van der Waals surface area contributed by atoms with Gasteiger partial charge in [-0.15, -0.1) is 0 Å². The summed E-state index contributed by atoms with van der Waals surface area (Å²) in [6.45, 7) is 5.24. The Morgan fingerprint density at radius 3 is 3.00 bits per heavy atom. The second-order valence-corrected chi connectivity index (χ2v) is 5.88. The Hall–Kier alpha value is -0.940. The lowest BCUT2D eigenvalue weighted by atomic mass is 10.00. The zero-order valence-corrected chi connectivity index (χ0v) is 12.0. The molecule has 2 rings (SSSR count). The summed E-state index contributed by atoms with van der Waals surface area (Å²) in [6, 6.07) is 5.39. The summed E-state index contributed by atoms with van der Waals surface area (Å²) in [6.07, 6.45) is 2.51. The van der Waals surface area contributed by atoms with Crippen LogP contribution in [0.15, 0.2) is 22.7 Å². The summed E-state index contributed by atoms with van der Waals surface area (Å²) < 4.78 is 0.545. The molecule has 0 N–H and O–H groups in total. The standard InChI is InChI=1S/C13H17BrN2O2/c1-10-3-2-6-15(8-10)9-11-4-5-12(14)13(7-11)16(17)18/h4-5,7,10H,2-3,6,8-9H2,1H3. The van der Waals surface area contributed by atoms with Gasteiger partial charge in [0.1, 0.15) is 0 Å². The predicted octanol–water partition coefficient (Wildman–Crippen LogP) is 3.59. The molecule has 1 aliphatic heterocycles. The van der Waals surface area contributed by atoms with Gasteiger partial charge < -0.3 is 0 Å². The highest BCUT2D eigenvalue weighted by atomic mass is 79.9. The van der Waals surface area contributed by atoms with Crippen LogP contribution in [0.4, 0.5) is 5.69 Å². The number of hydrogen-bond donors (Lipinski definition) is 0. The predicted molar refractivity (Wildman–Crippen MR) is 74.5 cm³/mol. The third kappa shape index (κ3) is 3.29. The minimum absolute atomic E-state index is 0.151. The molecule has 1 unspecified atom stereocenters. The van der Waals surface area contributed by atoms with E-state index in [0.717, 1.165) is 31.1 Å². The lowest BCUT2D eigenvalue weighted by molar-refractivity contribution is -0.385. The quantitative estimate of drug-likeness (QED) is 0.633. The first-order chi connectivity index (χ1) is 8.56. The molecule has 0 bridgehead atoms. The van der Waals surface area contributed by atoms with Crippen LogP contribution in [0.25, 0.3) is 0 Å². The van der Waals surface area contributed by atoms with E-state index in [4.69, 9.17) is 0 Å². The van der Waals surface area contributed by atoms with Crippen molar-refractivity contribution >= 4 is 21.6 Å². The van der Waals surface area contributed by atoms with Gasteiger partial charge in [-0.05, 0) is 52.9 Å². The van der Waals surface area contributed by atoms with Crippen LogP contribution in [0.1, 0.15) is 25.3 Å². The van der Waals surface area contributed by atoms with E-state index in [1.165, 1.54) is 12.8 Å². The minimum atomic E-state index is -0.341. The molecule has 1 heterocycles. The average Bonchev–Trinajstić information content (AvgIpc) is 2.31. The smallest absolute Gasteiger partial charge is 0.283 e. The maximum absolute atomic E-state index is 10.9. The first-order valence-electron chi connectivity index (χ1n) is 6.21. The third-order valence-corrected chi connectivity index (χ3v) is 4.03. The molecule has 0 amide bonds. The number of halogens is 1. The first-order valence-corrected chi connectivity index (χ1v) is 7.00. The highest BCUT2D eigenvalue weighted by molar-refractivity contribution is 9.10. The molecule has 1 atom stereocenters. The molecule has 98 valence electrons. The molecular weight excluding hydrogens is 296 g/mol. The first kappa shape index (κ1) is 13.5. The van der Waals surface area contributed by atoms with Gasteiger partial charge in [0.25, 0.3) is 5.69 Å². The van der Waals surface area contributed by atoms with E-state index in [2.05, 4.69) is 27.8 Å². The van der Waals surface area contributed by atoms with Crippen molar-refractivity contribution in [1.82, 2.24) is 4.90 Å². The molecule has 1 saturated heterocycles. The van der Waals surface area contributed by atoms with Gasteiger partial charge in [-0.3, -0.25) is 15.0 Å². The highest BCUT2D eigenvalue weighted by Crippen LogP contribution is 2.27. The Morgan fingerprint density at radius 2 is 2.33 bits per heavy atom. The van der Waals surface area contributed by atoms with Crippen molar-refractivity contribution in [2.24, 2.45) is 5.92 Å². The molecule has 1 aliphatic rings. The fraction of sp³-hybridized carbons (Fsp3) is 0.538. The fourth-order valence-electron chi connectivity index (χ4n) is 2.49. The molecule has 0 radical (unpaired) electrons. The lowest BCUT2D eigenvalue weighted by Gasteiger charge is -2.30. The van der Waals surface area contributed by atoms with E-state index in [1.54, 1.807) is 12.1 Å². The maximum atomic E-state index is 10.9. The van der Waals surface area contributed by atoms with Crippen molar-refractivity contribution in [2.45, 2.75) is 26.3 Å². The van der Waals surface area contributed by atoms with E-state index in [-0.39, 0.29) is 10.6 Å². The molecule has 1 aromatic carbocycles. The Morgan fingerprint density at radius 1 is 1.56 bits per heavy atom. The van der Waals surface area contributed by atoms with Gasteiger partial charge in [0.15, 0.2) is 0 Å². The van der Waals surface area contributed by atoms with Crippen molar-refractivity contribution in [1.29, 1.82) is 0 Å². The average molecular weight is 313 g/mol. The Balaban J connectivity index is 2.09. The Bertz CT molecular complexity index is 451. The van der Waals surface area contributed by atoms with Crippen LogP contribution < -0.4 is 0 Å². The number of nitro groups is 1. The number of piperidine rings is 1. The second-order valence-electron chi connectivity index (χ2n) is 5.03. The number of nitro benzene ring substituents is 1. The molecule has 0 aromatic heterocycles. The fourth-order valence-corrected chi connectivity index (χ4v) is 2.88. The molecule has 0 saturated carbocycles. The summed E-state index contributed by atoms with van der Waals surface area (Å²) in [4.78, 5) is 12.9. The zero-order chi connectivity index (χ0) is 13.1. The largest absolute Gasteiger partial charge is 0.299 e. The van der Waals surface area contributed by atoms with Gasteiger partial charge in [0.05, 0.1) is 9.40 Å². The van der Waals surface area contributed by atoms with Crippen molar-refractivity contribution in [3.63, 3.8) is 0 Å². The van der Waals surface area contributed by atoms with Crippen LogP contribution in [0.5, 0.6) is 0 Å². The molecular formula is C13H17BrN2O2. The van der Waals surface area contributed by atoms with Crippen molar-refractivity contribution in [3.05, 3.63) is 38.3 Å². The second kappa shape index (κ2) is 5.80. The van der Waals surface area contributed by atoms with Gasteiger partial charge in [0.2, 0.25) is 0 Å². The number of nitrogens with zero attached hydrogens (tertiary/aromatic N) is 2. The number of rotatable bonds is 3. The van der Waals surface area contributed by atoms with E-state index in [1.807, 2.05) is 6.07 Å². The topological polar surface area (TPSA) is 46.4 Å². The molecule has 4 nitrogen and oxygen atoms in total. The van der Waals surface area contributed by atoms with Gasteiger partial charge >= 0.3 is 0 Å². The van der Waals surface area contributed by atoms with Gasteiger partial charge in [-0.25, -0.2) is 0 Å². The number of likely N-dealkylation sites (tertiary alicyclic amines) is 1. The maximum Gasteiger partial charge on any atom is 0.283 e. The van der Waals surface area contributed by atoms with E-state index in [9.17, 15) is 10.1 Å². The van der Waals surface area contributed by atoms with E-state index >= 15 is 0 Å². The van der Waals surface area contributed by atoms with Crippen LogP contribution in [0, 0.1) is 16.0 Å². The summed E-state index contributed by atoms with van der Waals surface area (Å²) >= 11 is 3.21. The van der Waals surface area contributed by atoms with Crippen LogP contribution in [0.3, 0.4) is 0 Å². The summed E-state index contributed by atoms with van der Waals surface area (Å²) in [7, 11) is 0. The third-order valence-electron chi connectivity index (χ3n) is 3.35. The van der Waals surface area contributed by atoms with Crippen molar-refractivity contribution < 1.29 is 4.92 Å². The van der Waals surface area contributed by atoms with Crippen LogP contribution in [0.2, 0.25) is 0 Å². The summed E-state index contributed by atoms with van der Waals surface area (Å²) in [5.41, 5.74) is 1.16. The summed E-state index contributed by atoms with van der Waals surface area (Å²) in [5.74, 6) is 0.726. The Kier molecular flexibility index (Phi) is 4.35. The van der Waals surface area contributed by atoms with E-state index in [0.29, 0.717) is 4.47 Å². The molecule has 0 aliphatic carbocycles. The normalized spacial score (nSPS) is 20.9. The number of hydrogen-bond acceptors (Lipinski definition) is 3. The van der Waals surface area contributed by atoms with Gasteiger partial charge in [-0.1, -0.05) is 13.0 Å². The monoisotopic (exact) mass is 312 g/mol. The van der Waals surface area contributed by atoms with Crippen LogP contribution in [-0.4, -0.2) is 22.9 Å². The molecule has 1 aromatic rings. The van der Waals surface area contributed by atoms with Gasteiger partial charge in [-0.2, -0.15) is 0 Å². The molecule has 0 spiro atoms. The zero-order valence-electron chi connectivity index (χ0n) is 10.4. The summed E-state index contributed by atoms with van der Waals surface area (Å²) in [5, 5.41) is 10.9. The highest BCUT2D eigenvalue weighted by Gasteiger charge is 2.18. The van der Waals surface area contributed by atoms with Crippen molar-refractivity contribution in [2.75, 3.05) is 13.1 Å². The van der Waals surface area contributed by atoms with Gasteiger partial charge in [0, 0.05) is 19.2 Å². The molecule has 18 heavy (non-hydrogen) atoms. The lowest BCUT2D eigenvalue weighted by Crippen LogP contribution is -2.33. The van der Waals surface area contributed by atoms with Crippen LogP contribution >= 0.6 is 15.9 Å². The minimum Gasteiger partial charge on any atom is -0.299 e. The SMILES string of the molecule is CC1CCCN(Cc2ccc(Br)c([N+](=O)[O-])c2)C1. The molecule has 1 fully saturated rings.